The van der Waals surface area contributed by atoms with E-state index in [1.807, 2.05) is 36.4 Å². The van der Waals surface area contributed by atoms with Crippen molar-refractivity contribution in [3.05, 3.63) is 87.2 Å². The van der Waals surface area contributed by atoms with Gasteiger partial charge in [-0.3, -0.25) is 29.4 Å². The fourth-order valence-electron chi connectivity index (χ4n) is 9.85. The SMILES string of the molecule is CC1(C)[C@H](NC(=O)c2ccc(N3CCN(CCOC4CCN(c5ccc6nnn(C7CCC(=O)NC7=O)c(=O)c6c5)CC4)CC3)cc2)C(C)(C)[C@H]1Oc1ccc(C#N)c(Cl)c1. The third-order valence-corrected chi connectivity index (χ3v) is 13.4. The van der Waals surface area contributed by atoms with Gasteiger partial charge in [-0.15, -0.1) is 5.10 Å². The van der Waals surface area contributed by atoms with Crippen LogP contribution in [0.3, 0.4) is 0 Å². The predicted octanol–water partition coefficient (Wildman–Crippen LogP) is 4.71. The summed E-state index contributed by atoms with van der Waals surface area (Å²) in [6.45, 7) is 15.1. The first-order chi connectivity index (χ1) is 29.2. The highest BCUT2D eigenvalue weighted by atomic mass is 35.5. The molecule has 16 heteroatoms. The van der Waals surface area contributed by atoms with Gasteiger partial charge in [0.2, 0.25) is 5.91 Å². The zero-order chi connectivity index (χ0) is 43.1. The maximum atomic E-state index is 13.5. The van der Waals surface area contributed by atoms with Crippen LogP contribution in [0.2, 0.25) is 5.02 Å². The number of benzene rings is 3. The lowest BCUT2D eigenvalue weighted by Gasteiger charge is -2.63. The molecule has 8 rings (SSSR count). The normalized spacial score (nSPS) is 22.9. The van der Waals surface area contributed by atoms with Gasteiger partial charge in [0.1, 0.15) is 29.5 Å². The van der Waals surface area contributed by atoms with Gasteiger partial charge in [0.05, 0.1) is 28.7 Å². The van der Waals surface area contributed by atoms with Gasteiger partial charge in [0.15, 0.2) is 0 Å². The van der Waals surface area contributed by atoms with Gasteiger partial charge in [0, 0.05) is 92.1 Å². The number of carbonyl (C=O) groups is 3. The van der Waals surface area contributed by atoms with E-state index in [0.29, 0.717) is 39.4 Å². The van der Waals surface area contributed by atoms with Crippen molar-refractivity contribution in [1.82, 2.24) is 30.5 Å². The van der Waals surface area contributed by atoms with Gasteiger partial charge in [-0.05, 0) is 73.9 Å². The molecule has 2 N–H and O–H groups in total. The molecule has 4 fully saturated rings. The number of hydrogen-bond donors (Lipinski definition) is 2. The molecule has 4 heterocycles. The zero-order valence-corrected chi connectivity index (χ0v) is 35.8. The van der Waals surface area contributed by atoms with Gasteiger partial charge >= 0.3 is 0 Å². The fraction of sp³-hybridized carbons (Fsp3) is 0.489. The van der Waals surface area contributed by atoms with Crippen LogP contribution < -0.4 is 30.7 Å². The lowest BCUT2D eigenvalue weighted by Crippen LogP contribution is -2.74. The molecule has 0 bridgehead atoms. The number of nitriles is 1. The molecule has 3 aromatic carbocycles. The number of imide groups is 1. The van der Waals surface area contributed by atoms with E-state index in [2.05, 4.69) is 69.4 Å². The molecule has 0 radical (unpaired) electrons. The summed E-state index contributed by atoms with van der Waals surface area (Å²) in [5.74, 6) is -0.401. The third-order valence-electron chi connectivity index (χ3n) is 13.0. The molecule has 15 nitrogen and oxygen atoms in total. The molecule has 0 spiro atoms. The number of anilines is 2. The Morgan fingerprint density at radius 2 is 1.59 bits per heavy atom. The molecule has 1 saturated carbocycles. The second kappa shape index (κ2) is 17.1. The molecular weight excluding hydrogens is 798 g/mol. The summed E-state index contributed by atoms with van der Waals surface area (Å²) in [6, 6.07) is 19.6. The number of piperidine rings is 2. The number of rotatable bonds is 11. The minimum atomic E-state index is -0.859. The molecule has 4 aliphatic rings. The van der Waals surface area contributed by atoms with E-state index < -0.39 is 17.5 Å². The smallest absolute Gasteiger partial charge is 0.278 e. The number of amides is 3. The Balaban J connectivity index is 0.762. The molecule has 1 aromatic heterocycles. The summed E-state index contributed by atoms with van der Waals surface area (Å²) in [4.78, 5) is 57.9. The van der Waals surface area contributed by atoms with Crippen molar-refractivity contribution < 1.29 is 23.9 Å². The summed E-state index contributed by atoms with van der Waals surface area (Å²) in [7, 11) is 0. The quantitative estimate of drug-likeness (QED) is 0.199. The van der Waals surface area contributed by atoms with Crippen LogP contribution in [0.15, 0.2) is 65.5 Å². The summed E-state index contributed by atoms with van der Waals surface area (Å²) in [5.41, 5.74) is 2.39. The Kier molecular flexibility index (Phi) is 11.8. The van der Waals surface area contributed by atoms with Gasteiger partial charge in [-0.2, -0.15) is 9.94 Å². The van der Waals surface area contributed by atoms with E-state index in [4.69, 9.17) is 21.1 Å². The van der Waals surface area contributed by atoms with Crippen molar-refractivity contribution in [1.29, 1.82) is 5.26 Å². The number of carbonyl (C=O) groups excluding carboxylic acids is 3. The number of hydrogen-bond acceptors (Lipinski definition) is 12. The monoisotopic (exact) mass is 849 g/mol. The van der Waals surface area contributed by atoms with Crippen molar-refractivity contribution in [2.24, 2.45) is 10.8 Å². The number of halogens is 1. The molecule has 3 saturated heterocycles. The number of ether oxygens (including phenoxy) is 2. The standard InChI is InChI=1S/C45H52ClN9O6/c1-44(2)42(45(3,4)43(44)61-33-11-7-29(27-47)35(46)26-33)49-39(57)28-5-8-30(9-6-28)54-21-19-52(20-22-54)23-24-60-32-15-17-53(18-16-32)31-10-12-36-34(25-31)41(59)55(51-50-36)37-13-14-38(56)48-40(37)58/h5-12,25-26,32,37,42-43H,13-24H2,1-4H3,(H,49,57)(H,48,56,58)/t37?,42-,43-. The molecule has 1 unspecified atom stereocenters. The van der Waals surface area contributed by atoms with E-state index in [1.54, 1.807) is 24.3 Å². The Morgan fingerprint density at radius 3 is 2.26 bits per heavy atom. The summed E-state index contributed by atoms with van der Waals surface area (Å²) in [5, 5.41) is 23.7. The van der Waals surface area contributed by atoms with Crippen LogP contribution in [0, 0.1) is 22.2 Å². The van der Waals surface area contributed by atoms with Crippen LogP contribution in [-0.2, 0) is 14.3 Å². The minimum absolute atomic E-state index is 0.115. The Hall–Kier alpha value is -5.56. The summed E-state index contributed by atoms with van der Waals surface area (Å²) >= 11 is 6.25. The molecule has 320 valence electrons. The average molecular weight is 850 g/mol. The highest BCUT2D eigenvalue weighted by Gasteiger charge is 2.64. The largest absolute Gasteiger partial charge is 0.489 e. The van der Waals surface area contributed by atoms with Crippen molar-refractivity contribution in [2.45, 2.75) is 77.7 Å². The van der Waals surface area contributed by atoms with Crippen molar-refractivity contribution >= 4 is 51.6 Å². The first kappa shape index (κ1) is 42.1. The molecule has 3 aliphatic heterocycles. The van der Waals surface area contributed by atoms with Gasteiger partial charge < -0.3 is 24.6 Å². The van der Waals surface area contributed by atoms with Gasteiger partial charge in [-0.1, -0.05) is 44.5 Å². The first-order valence-electron chi connectivity index (χ1n) is 21.1. The van der Waals surface area contributed by atoms with E-state index in [1.165, 1.54) is 0 Å². The van der Waals surface area contributed by atoms with Gasteiger partial charge in [0.25, 0.3) is 17.4 Å². The van der Waals surface area contributed by atoms with Crippen LogP contribution in [-0.4, -0.2) is 108 Å². The van der Waals surface area contributed by atoms with Crippen LogP contribution in [0.4, 0.5) is 11.4 Å². The van der Waals surface area contributed by atoms with Crippen LogP contribution in [0.1, 0.15) is 75.3 Å². The average Bonchev–Trinajstić information content (AvgIpc) is 3.25. The van der Waals surface area contributed by atoms with E-state index in [0.717, 1.165) is 74.7 Å². The van der Waals surface area contributed by atoms with Crippen molar-refractivity contribution in [2.75, 3.05) is 62.2 Å². The number of aromatic nitrogens is 3. The third kappa shape index (κ3) is 8.54. The first-order valence-corrected chi connectivity index (χ1v) is 21.4. The maximum absolute atomic E-state index is 13.5. The summed E-state index contributed by atoms with van der Waals surface area (Å²) < 4.78 is 13.8. The molecule has 3 amide bonds. The number of fused-ring (bicyclic) bond motifs is 1. The van der Waals surface area contributed by atoms with Gasteiger partial charge in [-0.25, -0.2) is 0 Å². The molecule has 4 aromatic rings. The zero-order valence-electron chi connectivity index (χ0n) is 35.0. The number of nitrogens with zero attached hydrogens (tertiary/aromatic N) is 7. The second-order valence-corrected chi connectivity index (χ2v) is 18.1. The lowest BCUT2D eigenvalue weighted by molar-refractivity contribution is -0.164. The Labute approximate surface area is 359 Å². The Morgan fingerprint density at radius 1 is 0.902 bits per heavy atom. The van der Waals surface area contributed by atoms with Crippen molar-refractivity contribution in [3.63, 3.8) is 0 Å². The topological polar surface area (TPSA) is 175 Å². The number of piperazine rings is 1. The van der Waals surface area contributed by atoms with Crippen LogP contribution >= 0.6 is 11.6 Å². The maximum Gasteiger partial charge on any atom is 0.278 e. The lowest BCUT2D eigenvalue weighted by atomic mass is 9.49. The highest BCUT2D eigenvalue weighted by Crippen LogP contribution is 2.55. The van der Waals surface area contributed by atoms with E-state index in [9.17, 15) is 24.4 Å². The fourth-order valence-corrected chi connectivity index (χ4v) is 10.1. The Bertz CT molecular complexity index is 2400. The van der Waals surface area contributed by atoms with Crippen LogP contribution in [0.25, 0.3) is 10.9 Å². The minimum Gasteiger partial charge on any atom is -0.489 e. The molecule has 61 heavy (non-hydrogen) atoms. The van der Waals surface area contributed by atoms with E-state index >= 15 is 0 Å². The summed E-state index contributed by atoms with van der Waals surface area (Å²) in [6.07, 6.45) is 2.09. The predicted molar refractivity (Wildman–Crippen MR) is 231 cm³/mol. The molecular formula is C45H52ClN9O6. The van der Waals surface area contributed by atoms with E-state index in [-0.39, 0.29) is 53.7 Å². The van der Waals surface area contributed by atoms with Crippen molar-refractivity contribution in [3.8, 4) is 11.8 Å². The van der Waals surface area contributed by atoms with Crippen LogP contribution in [0.5, 0.6) is 5.75 Å². The molecule has 1 atom stereocenters. The highest BCUT2D eigenvalue weighted by molar-refractivity contribution is 6.31. The molecule has 1 aliphatic carbocycles. The number of nitrogens with one attached hydrogen (secondary N) is 2. The second-order valence-electron chi connectivity index (χ2n) is 17.7.